The molecule has 0 saturated carbocycles. The highest BCUT2D eigenvalue weighted by molar-refractivity contribution is 5.92. The summed E-state index contributed by atoms with van der Waals surface area (Å²) in [6, 6.07) is 0.333. The summed E-state index contributed by atoms with van der Waals surface area (Å²) < 4.78 is 5.51. The van der Waals surface area contributed by atoms with Gasteiger partial charge in [0.1, 0.15) is 0 Å². The van der Waals surface area contributed by atoms with Gasteiger partial charge in [-0.15, -0.1) is 0 Å². The lowest BCUT2D eigenvalue weighted by atomic mass is 9.86. The van der Waals surface area contributed by atoms with E-state index in [9.17, 15) is 9.59 Å². The summed E-state index contributed by atoms with van der Waals surface area (Å²) in [7, 11) is 2.13. The minimum Gasteiger partial charge on any atom is -0.481 e. The number of carboxylic acid groups (broad SMARTS) is 1. The standard InChI is InChI=1S/C19H30N4O4/c1-13-18(27-14(2)20-13)19(26)23-7-6-16(15(12-23)4-5-17(24)25)22-10-8-21(3)9-11-22/h15-16H,4-12H2,1-3H3,(H,24,25). The molecule has 1 amide bonds. The number of piperidine rings is 1. The van der Waals surface area contributed by atoms with Crippen LogP contribution in [0.2, 0.25) is 0 Å². The third-order valence-corrected chi connectivity index (χ3v) is 5.81. The van der Waals surface area contributed by atoms with Crippen LogP contribution in [0.4, 0.5) is 0 Å². The number of piperazine rings is 1. The van der Waals surface area contributed by atoms with Crippen LogP contribution in [-0.2, 0) is 4.79 Å². The first-order valence-electron chi connectivity index (χ1n) is 9.73. The van der Waals surface area contributed by atoms with Crippen LogP contribution < -0.4 is 0 Å². The Kier molecular flexibility index (Phi) is 6.16. The molecular weight excluding hydrogens is 348 g/mol. The Labute approximate surface area is 160 Å². The van der Waals surface area contributed by atoms with Gasteiger partial charge in [-0.3, -0.25) is 14.5 Å². The van der Waals surface area contributed by atoms with Gasteiger partial charge < -0.3 is 19.3 Å². The van der Waals surface area contributed by atoms with Gasteiger partial charge in [0.2, 0.25) is 5.76 Å². The highest BCUT2D eigenvalue weighted by atomic mass is 16.4. The van der Waals surface area contributed by atoms with Gasteiger partial charge in [-0.2, -0.15) is 0 Å². The molecule has 1 N–H and O–H groups in total. The lowest BCUT2D eigenvalue weighted by Gasteiger charge is -2.46. The van der Waals surface area contributed by atoms with Crippen molar-refractivity contribution in [3.05, 3.63) is 17.3 Å². The molecule has 0 radical (unpaired) electrons. The van der Waals surface area contributed by atoms with Crippen LogP contribution >= 0.6 is 0 Å². The van der Waals surface area contributed by atoms with Crippen molar-refractivity contribution >= 4 is 11.9 Å². The molecule has 150 valence electrons. The lowest BCUT2D eigenvalue weighted by molar-refractivity contribution is -0.137. The van der Waals surface area contributed by atoms with Crippen LogP contribution in [0.3, 0.4) is 0 Å². The summed E-state index contributed by atoms with van der Waals surface area (Å²) in [6.07, 6.45) is 1.59. The average Bonchev–Trinajstić information content (AvgIpc) is 2.98. The van der Waals surface area contributed by atoms with Crippen molar-refractivity contribution in [1.82, 2.24) is 19.7 Å². The highest BCUT2D eigenvalue weighted by Gasteiger charge is 2.37. The number of rotatable bonds is 5. The number of carbonyl (C=O) groups excluding carboxylic acids is 1. The number of likely N-dealkylation sites (N-methyl/N-ethyl adjacent to an activating group) is 1. The molecule has 1 aromatic rings. The molecule has 2 aliphatic rings. The zero-order valence-corrected chi connectivity index (χ0v) is 16.5. The van der Waals surface area contributed by atoms with Crippen molar-refractivity contribution in [2.75, 3.05) is 46.3 Å². The minimum atomic E-state index is -0.780. The number of nitrogens with zero attached hydrogens (tertiary/aromatic N) is 4. The molecule has 2 fully saturated rings. The quantitative estimate of drug-likeness (QED) is 0.824. The monoisotopic (exact) mass is 378 g/mol. The first kappa shape index (κ1) is 19.8. The molecule has 27 heavy (non-hydrogen) atoms. The molecule has 3 heterocycles. The predicted molar refractivity (Wildman–Crippen MR) is 99.7 cm³/mol. The Bertz CT molecular complexity index is 681. The van der Waals surface area contributed by atoms with E-state index in [0.29, 0.717) is 42.9 Å². The van der Waals surface area contributed by atoms with Crippen LogP contribution in [0.1, 0.15) is 41.4 Å². The van der Waals surface area contributed by atoms with Crippen LogP contribution in [0, 0.1) is 19.8 Å². The van der Waals surface area contributed by atoms with Crippen molar-refractivity contribution in [2.24, 2.45) is 5.92 Å². The number of carboxylic acids is 1. The second-order valence-corrected chi connectivity index (χ2v) is 7.79. The second-order valence-electron chi connectivity index (χ2n) is 7.79. The fourth-order valence-electron chi connectivity index (χ4n) is 4.30. The Morgan fingerprint density at radius 2 is 1.89 bits per heavy atom. The summed E-state index contributed by atoms with van der Waals surface area (Å²) in [5.74, 6) is 0.0437. The van der Waals surface area contributed by atoms with E-state index >= 15 is 0 Å². The number of aliphatic carboxylic acids is 1. The fourth-order valence-corrected chi connectivity index (χ4v) is 4.30. The first-order valence-corrected chi connectivity index (χ1v) is 9.73. The maximum absolute atomic E-state index is 12.9. The average molecular weight is 378 g/mol. The van der Waals surface area contributed by atoms with Crippen LogP contribution in [0.5, 0.6) is 0 Å². The number of likely N-dealkylation sites (tertiary alicyclic amines) is 1. The number of aromatic nitrogens is 1. The zero-order chi connectivity index (χ0) is 19.6. The predicted octanol–water partition coefficient (Wildman–Crippen LogP) is 1.23. The van der Waals surface area contributed by atoms with Gasteiger partial charge in [-0.1, -0.05) is 0 Å². The molecule has 2 saturated heterocycles. The van der Waals surface area contributed by atoms with E-state index in [-0.39, 0.29) is 18.2 Å². The molecule has 2 unspecified atom stereocenters. The molecule has 8 nitrogen and oxygen atoms in total. The molecule has 0 aromatic carbocycles. The van der Waals surface area contributed by atoms with Gasteiger partial charge in [0.25, 0.3) is 5.91 Å². The minimum absolute atomic E-state index is 0.134. The van der Waals surface area contributed by atoms with Gasteiger partial charge in [0.15, 0.2) is 5.89 Å². The summed E-state index contributed by atoms with van der Waals surface area (Å²) in [5, 5.41) is 9.14. The molecule has 2 aliphatic heterocycles. The number of hydrogen-bond donors (Lipinski definition) is 1. The van der Waals surface area contributed by atoms with E-state index in [0.717, 1.165) is 32.6 Å². The number of oxazole rings is 1. The zero-order valence-electron chi connectivity index (χ0n) is 16.5. The molecule has 8 heteroatoms. The van der Waals surface area contributed by atoms with Gasteiger partial charge in [0.05, 0.1) is 5.69 Å². The number of aryl methyl sites for hydroxylation is 2. The number of carbonyl (C=O) groups is 2. The van der Waals surface area contributed by atoms with E-state index in [2.05, 4.69) is 21.8 Å². The van der Waals surface area contributed by atoms with E-state index in [4.69, 9.17) is 9.52 Å². The summed E-state index contributed by atoms with van der Waals surface area (Å²) in [6.45, 7) is 8.81. The van der Waals surface area contributed by atoms with Gasteiger partial charge in [-0.25, -0.2) is 4.98 Å². The molecule has 3 rings (SSSR count). The molecule has 0 aliphatic carbocycles. The van der Waals surface area contributed by atoms with Crippen molar-refractivity contribution in [2.45, 2.75) is 39.2 Å². The van der Waals surface area contributed by atoms with Crippen molar-refractivity contribution in [3.8, 4) is 0 Å². The largest absolute Gasteiger partial charge is 0.481 e. The van der Waals surface area contributed by atoms with Gasteiger partial charge >= 0.3 is 5.97 Å². The summed E-state index contributed by atoms with van der Waals surface area (Å²) in [5.41, 5.74) is 0.612. The molecule has 0 spiro atoms. The number of amides is 1. The van der Waals surface area contributed by atoms with E-state index in [1.165, 1.54) is 0 Å². The van der Waals surface area contributed by atoms with E-state index in [1.807, 2.05) is 4.90 Å². The fraction of sp³-hybridized carbons (Fsp3) is 0.737. The van der Waals surface area contributed by atoms with Crippen LogP contribution in [0.15, 0.2) is 4.42 Å². The maximum atomic E-state index is 12.9. The summed E-state index contributed by atoms with van der Waals surface area (Å²) in [4.78, 5) is 34.8. The van der Waals surface area contributed by atoms with Gasteiger partial charge in [-0.05, 0) is 32.7 Å². The van der Waals surface area contributed by atoms with Crippen molar-refractivity contribution in [1.29, 1.82) is 0 Å². The molecule has 1 aromatic heterocycles. The molecular formula is C19H30N4O4. The Balaban J connectivity index is 1.71. The smallest absolute Gasteiger partial charge is 0.303 e. The van der Waals surface area contributed by atoms with Crippen LogP contribution in [-0.4, -0.2) is 89.0 Å². The van der Waals surface area contributed by atoms with Crippen molar-refractivity contribution < 1.29 is 19.1 Å². The molecule has 0 bridgehead atoms. The third kappa shape index (κ3) is 4.68. The van der Waals surface area contributed by atoms with Crippen molar-refractivity contribution in [3.63, 3.8) is 0 Å². The lowest BCUT2D eigenvalue weighted by Crippen LogP contribution is -2.57. The van der Waals surface area contributed by atoms with Gasteiger partial charge in [0, 0.05) is 58.7 Å². The normalized spacial score (nSPS) is 24.9. The molecule has 2 atom stereocenters. The van der Waals surface area contributed by atoms with E-state index < -0.39 is 5.97 Å². The highest BCUT2D eigenvalue weighted by Crippen LogP contribution is 2.28. The Morgan fingerprint density at radius 1 is 1.19 bits per heavy atom. The SMILES string of the molecule is Cc1nc(C)c(C(=O)N2CCC(N3CCN(C)CC3)C(CCC(=O)O)C2)o1. The topological polar surface area (TPSA) is 90.1 Å². The number of hydrogen-bond acceptors (Lipinski definition) is 6. The summed E-state index contributed by atoms with van der Waals surface area (Å²) >= 11 is 0. The van der Waals surface area contributed by atoms with E-state index in [1.54, 1.807) is 13.8 Å². The third-order valence-electron chi connectivity index (χ3n) is 5.81. The van der Waals surface area contributed by atoms with Crippen LogP contribution in [0.25, 0.3) is 0 Å². The second kappa shape index (κ2) is 8.39. The Morgan fingerprint density at radius 3 is 2.48 bits per heavy atom. The Hall–Kier alpha value is -1.93. The first-order chi connectivity index (χ1) is 12.8. The maximum Gasteiger partial charge on any atom is 0.303 e.